The lowest BCUT2D eigenvalue weighted by atomic mass is 10.1. The van der Waals surface area contributed by atoms with Crippen molar-refractivity contribution in [2.75, 3.05) is 0 Å². The van der Waals surface area contributed by atoms with Gasteiger partial charge in [0.1, 0.15) is 11.3 Å². The van der Waals surface area contributed by atoms with E-state index < -0.39 is 0 Å². The number of fused-ring (bicyclic) bond motifs is 1. The molecule has 3 nitrogen and oxygen atoms in total. The van der Waals surface area contributed by atoms with Gasteiger partial charge in [0.05, 0.1) is 0 Å². The number of aromatic nitrogens is 1. The van der Waals surface area contributed by atoms with Crippen LogP contribution in [0, 0.1) is 0 Å². The van der Waals surface area contributed by atoms with Crippen molar-refractivity contribution in [1.82, 2.24) is 4.98 Å². The van der Waals surface area contributed by atoms with E-state index in [4.69, 9.17) is 10.5 Å². The Bertz CT molecular complexity index is 781. The average Bonchev–Trinajstić information content (AvgIpc) is 2.49. The summed E-state index contributed by atoms with van der Waals surface area (Å²) in [6, 6.07) is 15.6. The van der Waals surface area contributed by atoms with Crippen LogP contribution in [-0.4, -0.2) is 4.98 Å². The molecule has 3 rings (SSSR count). The second-order valence-corrected chi connectivity index (χ2v) is 5.82. The minimum atomic E-state index is -0.111. The standard InChI is InChI=1S/C17H15BrN2O/c1-11(19)14-10-13(18)7-8-15(14)21-16-6-2-4-12-5-3-9-20-17(12)16/h2-11H,19H2,1H3. The number of nitrogens with zero attached hydrogens (tertiary/aromatic N) is 1. The Hall–Kier alpha value is -1.91. The number of hydrogen-bond acceptors (Lipinski definition) is 3. The minimum absolute atomic E-state index is 0.111. The maximum atomic E-state index is 6.08. The second kappa shape index (κ2) is 5.84. The molecule has 0 fully saturated rings. The summed E-state index contributed by atoms with van der Waals surface area (Å²) in [7, 11) is 0. The predicted octanol–water partition coefficient (Wildman–Crippen LogP) is 4.81. The van der Waals surface area contributed by atoms with Gasteiger partial charge in [-0.15, -0.1) is 0 Å². The van der Waals surface area contributed by atoms with Crippen LogP contribution in [0.5, 0.6) is 11.5 Å². The number of pyridine rings is 1. The monoisotopic (exact) mass is 342 g/mol. The molecule has 0 spiro atoms. The van der Waals surface area contributed by atoms with Gasteiger partial charge in [-0.1, -0.05) is 34.1 Å². The van der Waals surface area contributed by atoms with Crippen molar-refractivity contribution >= 4 is 26.8 Å². The first-order chi connectivity index (χ1) is 10.1. The summed E-state index contributed by atoms with van der Waals surface area (Å²) in [4.78, 5) is 4.40. The normalized spacial score (nSPS) is 12.3. The van der Waals surface area contributed by atoms with E-state index in [9.17, 15) is 0 Å². The molecule has 1 heterocycles. The molecule has 1 atom stereocenters. The van der Waals surface area contributed by atoms with E-state index in [0.717, 1.165) is 32.4 Å². The second-order valence-electron chi connectivity index (χ2n) is 4.90. The van der Waals surface area contributed by atoms with Crippen LogP contribution in [0.1, 0.15) is 18.5 Å². The Labute approximate surface area is 131 Å². The number of nitrogens with two attached hydrogens (primary N) is 1. The van der Waals surface area contributed by atoms with E-state index in [1.165, 1.54) is 0 Å². The largest absolute Gasteiger partial charge is 0.455 e. The number of para-hydroxylation sites is 1. The molecule has 0 aliphatic rings. The van der Waals surface area contributed by atoms with Gasteiger partial charge < -0.3 is 10.5 Å². The highest BCUT2D eigenvalue weighted by Gasteiger charge is 2.11. The zero-order valence-corrected chi connectivity index (χ0v) is 13.2. The summed E-state index contributed by atoms with van der Waals surface area (Å²) in [5.74, 6) is 1.49. The molecular weight excluding hydrogens is 328 g/mol. The number of halogens is 1. The highest BCUT2D eigenvalue weighted by molar-refractivity contribution is 9.10. The first kappa shape index (κ1) is 14.0. The molecule has 0 saturated carbocycles. The van der Waals surface area contributed by atoms with Crippen molar-refractivity contribution in [2.45, 2.75) is 13.0 Å². The molecule has 0 amide bonds. The van der Waals surface area contributed by atoms with E-state index in [1.54, 1.807) is 6.20 Å². The van der Waals surface area contributed by atoms with Crippen molar-refractivity contribution in [3.63, 3.8) is 0 Å². The molecule has 2 N–H and O–H groups in total. The molecule has 0 aliphatic carbocycles. The van der Waals surface area contributed by atoms with Crippen molar-refractivity contribution in [1.29, 1.82) is 0 Å². The lowest BCUT2D eigenvalue weighted by Crippen LogP contribution is -2.06. The van der Waals surface area contributed by atoms with Crippen LogP contribution >= 0.6 is 15.9 Å². The van der Waals surface area contributed by atoms with E-state index in [0.29, 0.717) is 0 Å². The van der Waals surface area contributed by atoms with Gasteiger partial charge in [-0.3, -0.25) is 4.98 Å². The van der Waals surface area contributed by atoms with Crippen LogP contribution in [0.15, 0.2) is 59.2 Å². The Balaban J connectivity index is 2.07. The molecule has 0 saturated heterocycles. The summed E-state index contributed by atoms with van der Waals surface area (Å²) in [6.45, 7) is 1.94. The number of benzene rings is 2. The van der Waals surface area contributed by atoms with E-state index in [2.05, 4.69) is 20.9 Å². The van der Waals surface area contributed by atoms with Crippen molar-refractivity contribution in [2.24, 2.45) is 5.73 Å². The van der Waals surface area contributed by atoms with E-state index in [1.807, 2.05) is 55.5 Å². The number of ether oxygens (including phenoxy) is 1. The highest BCUT2D eigenvalue weighted by Crippen LogP contribution is 2.33. The van der Waals surface area contributed by atoms with E-state index in [-0.39, 0.29) is 6.04 Å². The third-order valence-corrected chi connectivity index (χ3v) is 3.77. The van der Waals surface area contributed by atoms with Gasteiger partial charge in [0.15, 0.2) is 5.75 Å². The van der Waals surface area contributed by atoms with Crippen LogP contribution < -0.4 is 10.5 Å². The van der Waals surface area contributed by atoms with Crippen LogP contribution in [0.4, 0.5) is 0 Å². The maximum Gasteiger partial charge on any atom is 0.153 e. The Morgan fingerprint density at radius 1 is 1.10 bits per heavy atom. The van der Waals surface area contributed by atoms with Crippen molar-refractivity contribution < 1.29 is 4.74 Å². The molecule has 2 aromatic carbocycles. The third kappa shape index (κ3) is 2.91. The number of hydrogen-bond donors (Lipinski definition) is 1. The van der Waals surface area contributed by atoms with Gasteiger partial charge in [-0.25, -0.2) is 0 Å². The zero-order chi connectivity index (χ0) is 14.8. The summed E-state index contributed by atoms with van der Waals surface area (Å²) in [5, 5.41) is 1.05. The quantitative estimate of drug-likeness (QED) is 0.742. The Morgan fingerprint density at radius 3 is 2.71 bits per heavy atom. The lowest BCUT2D eigenvalue weighted by molar-refractivity contribution is 0.476. The van der Waals surface area contributed by atoms with Crippen LogP contribution in [0.25, 0.3) is 10.9 Å². The van der Waals surface area contributed by atoms with Crippen LogP contribution in [-0.2, 0) is 0 Å². The van der Waals surface area contributed by atoms with Crippen LogP contribution in [0.2, 0.25) is 0 Å². The van der Waals surface area contributed by atoms with Crippen molar-refractivity contribution in [3.05, 3.63) is 64.8 Å². The fourth-order valence-corrected chi connectivity index (χ4v) is 2.62. The maximum absolute atomic E-state index is 6.08. The van der Waals surface area contributed by atoms with Gasteiger partial charge in [0.2, 0.25) is 0 Å². The molecule has 21 heavy (non-hydrogen) atoms. The van der Waals surface area contributed by atoms with Gasteiger partial charge in [-0.05, 0) is 37.3 Å². The Morgan fingerprint density at radius 2 is 1.90 bits per heavy atom. The van der Waals surface area contributed by atoms with Gasteiger partial charge in [-0.2, -0.15) is 0 Å². The molecule has 0 aliphatic heterocycles. The molecule has 4 heteroatoms. The smallest absolute Gasteiger partial charge is 0.153 e. The predicted molar refractivity (Wildman–Crippen MR) is 88.6 cm³/mol. The third-order valence-electron chi connectivity index (χ3n) is 3.28. The summed E-state index contributed by atoms with van der Waals surface area (Å²) in [5.41, 5.74) is 7.83. The summed E-state index contributed by atoms with van der Waals surface area (Å²) < 4.78 is 7.06. The summed E-state index contributed by atoms with van der Waals surface area (Å²) in [6.07, 6.45) is 1.77. The average molecular weight is 343 g/mol. The minimum Gasteiger partial charge on any atom is -0.455 e. The van der Waals surface area contributed by atoms with Crippen LogP contribution in [0.3, 0.4) is 0 Å². The zero-order valence-electron chi connectivity index (χ0n) is 11.6. The molecule has 106 valence electrons. The SMILES string of the molecule is CC(N)c1cc(Br)ccc1Oc1cccc2cccnc12. The first-order valence-corrected chi connectivity index (χ1v) is 7.51. The van der Waals surface area contributed by atoms with Gasteiger partial charge >= 0.3 is 0 Å². The molecule has 3 aromatic rings. The van der Waals surface area contributed by atoms with Gasteiger partial charge in [0, 0.05) is 27.7 Å². The highest BCUT2D eigenvalue weighted by atomic mass is 79.9. The molecule has 0 bridgehead atoms. The molecular formula is C17H15BrN2O. The number of rotatable bonds is 3. The summed E-state index contributed by atoms with van der Waals surface area (Å²) >= 11 is 3.47. The fourth-order valence-electron chi connectivity index (χ4n) is 2.25. The Kier molecular flexibility index (Phi) is 3.90. The lowest BCUT2D eigenvalue weighted by Gasteiger charge is -2.15. The molecule has 1 aromatic heterocycles. The van der Waals surface area contributed by atoms with Gasteiger partial charge in [0.25, 0.3) is 0 Å². The fraction of sp³-hybridized carbons (Fsp3) is 0.118. The first-order valence-electron chi connectivity index (χ1n) is 6.72. The molecule has 0 radical (unpaired) electrons. The van der Waals surface area contributed by atoms with E-state index >= 15 is 0 Å². The molecule has 1 unspecified atom stereocenters. The van der Waals surface area contributed by atoms with Crippen molar-refractivity contribution in [3.8, 4) is 11.5 Å². The topological polar surface area (TPSA) is 48.1 Å².